The van der Waals surface area contributed by atoms with E-state index in [4.69, 9.17) is 5.73 Å². The van der Waals surface area contributed by atoms with Crippen molar-refractivity contribution in [3.8, 4) is 0 Å². The van der Waals surface area contributed by atoms with Crippen molar-refractivity contribution in [2.45, 2.75) is 13.8 Å². The average molecular weight is 220 g/mol. The van der Waals surface area contributed by atoms with Gasteiger partial charge in [0.05, 0.1) is 6.54 Å². The number of Topliss-reactive ketones (excluding diaryl/α,β-unsaturated/α-hetero) is 1. The number of carbonyl (C=O) groups is 2. The third-order valence-corrected chi connectivity index (χ3v) is 2.18. The molecule has 0 aliphatic carbocycles. The van der Waals surface area contributed by atoms with E-state index in [1.807, 2.05) is 13.8 Å². The zero-order valence-corrected chi connectivity index (χ0v) is 9.49. The van der Waals surface area contributed by atoms with Crippen molar-refractivity contribution in [1.82, 2.24) is 0 Å². The molecular weight excluding hydrogens is 204 g/mol. The van der Waals surface area contributed by atoms with Crippen molar-refractivity contribution in [3.05, 3.63) is 29.8 Å². The summed E-state index contributed by atoms with van der Waals surface area (Å²) in [5.41, 5.74) is 6.49. The Morgan fingerprint density at radius 2 is 1.81 bits per heavy atom. The number of rotatable bonds is 4. The van der Waals surface area contributed by atoms with Crippen molar-refractivity contribution in [2.24, 2.45) is 11.7 Å². The molecule has 0 aromatic heterocycles. The Morgan fingerprint density at radius 1 is 1.25 bits per heavy atom. The van der Waals surface area contributed by atoms with Crippen LogP contribution in [-0.2, 0) is 4.79 Å². The van der Waals surface area contributed by atoms with Gasteiger partial charge in [0.2, 0.25) is 5.91 Å². The maximum Gasteiger partial charge on any atom is 0.226 e. The quantitative estimate of drug-likeness (QED) is 0.754. The lowest BCUT2D eigenvalue weighted by molar-refractivity contribution is -0.118. The molecule has 4 heteroatoms. The second-order valence-corrected chi connectivity index (χ2v) is 3.85. The Hall–Kier alpha value is -1.68. The number of nitrogens with two attached hydrogens (primary N) is 1. The van der Waals surface area contributed by atoms with E-state index in [1.165, 1.54) is 0 Å². The fourth-order valence-corrected chi connectivity index (χ4v) is 1.14. The van der Waals surface area contributed by atoms with E-state index in [2.05, 4.69) is 5.32 Å². The van der Waals surface area contributed by atoms with Crippen molar-refractivity contribution in [1.29, 1.82) is 0 Å². The van der Waals surface area contributed by atoms with E-state index in [9.17, 15) is 9.59 Å². The molecule has 0 aliphatic heterocycles. The molecule has 0 spiro atoms. The summed E-state index contributed by atoms with van der Waals surface area (Å²) in [6, 6.07) is 6.71. The molecule has 1 aromatic carbocycles. The number of carbonyl (C=O) groups excluding carboxylic acids is 2. The highest BCUT2D eigenvalue weighted by Gasteiger charge is 2.07. The van der Waals surface area contributed by atoms with E-state index in [0.29, 0.717) is 11.3 Å². The number of hydrogen-bond donors (Lipinski definition) is 2. The van der Waals surface area contributed by atoms with Gasteiger partial charge in [0, 0.05) is 17.2 Å². The van der Waals surface area contributed by atoms with Gasteiger partial charge >= 0.3 is 0 Å². The smallest absolute Gasteiger partial charge is 0.226 e. The summed E-state index contributed by atoms with van der Waals surface area (Å²) in [6.07, 6.45) is 0. The minimum atomic E-state index is -0.110. The minimum Gasteiger partial charge on any atom is -0.326 e. The molecule has 0 heterocycles. The van der Waals surface area contributed by atoms with Gasteiger partial charge < -0.3 is 11.1 Å². The Balaban J connectivity index is 2.72. The molecule has 0 radical (unpaired) electrons. The van der Waals surface area contributed by atoms with Gasteiger partial charge in [-0.3, -0.25) is 9.59 Å². The summed E-state index contributed by atoms with van der Waals surface area (Å²) < 4.78 is 0. The zero-order valence-electron chi connectivity index (χ0n) is 9.49. The van der Waals surface area contributed by atoms with Gasteiger partial charge in [-0.05, 0) is 24.3 Å². The highest BCUT2D eigenvalue weighted by Crippen LogP contribution is 2.11. The predicted molar refractivity (Wildman–Crippen MR) is 63.3 cm³/mol. The molecule has 0 aliphatic rings. The van der Waals surface area contributed by atoms with Gasteiger partial charge in [0.15, 0.2) is 5.78 Å². The Labute approximate surface area is 94.8 Å². The molecule has 1 rings (SSSR count). The lowest BCUT2D eigenvalue weighted by atomic mass is 10.1. The van der Waals surface area contributed by atoms with E-state index >= 15 is 0 Å². The van der Waals surface area contributed by atoms with E-state index in [1.54, 1.807) is 24.3 Å². The number of nitrogens with one attached hydrogen (secondary N) is 1. The number of anilines is 1. The first-order valence-electron chi connectivity index (χ1n) is 5.18. The molecule has 0 atom stereocenters. The largest absolute Gasteiger partial charge is 0.326 e. The van der Waals surface area contributed by atoms with Crippen LogP contribution in [0.25, 0.3) is 0 Å². The van der Waals surface area contributed by atoms with E-state index < -0.39 is 0 Å². The molecule has 3 N–H and O–H groups in total. The standard InChI is InChI=1S/C12H16N2O2/c1-8(2)12(16)14-10-5-3-9(4-6-10)11(15)7-13/h3-6,8H,7,13H2,1-2H3,(H,14,16). The van der Waals surface area contributed by atoms with Crippen molar-refractivity contribution in [3.63, 3.8) is 0 Å². The first-order valence-corrected chi connectivity index (χ1v) is 5.18. The van der Waals surface area contributed by atoms with Crippen LogP contribution >= 0.6 is 0 Å². The second-order valence-electron chi connectivity index (χ2n) is 3.85. The van der Waals surface area contributed by atoms with Crippen molar-refractivity contribution < 1.29 is 9.59 Å². The van der Waals surface area contributed by atoms with Crippen LogP contribution in [0.4, 0.5) is 5.69 Å². The predicted octanol–water partition coefficient (Wildman–Crippen LogP) is 1.42. The second kappa shape index (κ2) is 5.42. The number of benzene rings is 1. The van der Waals surface area contributed by atoms with Crippen LogP contribution in [0.2, 0.25) is 0 Å². The SMILES string of the molecule is CC(C)C(=O)Nc1ccc(C(=O)CN)cc1. The number of amides is 1. The van der Waals surface area contributed by atoms with Crippen LogP contribution in [0.5, 0.6) is 0 Å². The molecule has 0 bridgehead atoms. The highest BCUT2D eigenvalue weighted by molar-refractivity contribution is 5.98. The van der Waals surface area contributed by atoms with Gasteiger partial charge in [-0.2, -0.15) is 0 Å². The van der Waals surface area contributed by atoms with Crippen LogP contribution in [-0.4, -0.2) is 18.2 Å². The van der Waals surface area contributed by atoms with Crippen molar-refractivity contribution >= 4 is 17.4 Å². The third kappa shape index (κ3) is 3.17. The molecule has 0 unspecified atom stereocenters. The van der Waals surface area contributed by atoms with Crippen LogP contribution < -0.4 is 11.1 Å². The number of ketones is 1. The molecule has 86 valence electrons. The third-order valence-electron chi connectivity index (χ3n) is 2.18. The monoisotopic (exact) mass is 220 g/mol. The summed E-state index contributed by atoms with van der Waals surface area (Å²) in [4.78, 5) is 22.6. The Morgan fingerprint density at radius 3 is 2.25 bits per heavy atom. The van der Waals surface area contributed by atoms with Crippen LogP contribution in [0.15, 0.2) is 24.3 Å². The Bertz CT molecular complexity index is 383. The molecule has 0 saturated heterocycles. The molecule has 0 saturated carbocycles. The van der Waals surface area contributed by atoms with Gasteiger partial charge in [-0.1, -0.05) is 13.8 Å². The normalized spacial score (nSPS) is 10.2. The van der Waals surface area contributed by atoms with E-state index in [0.717, 1.165) is 0 Å². The van der Waals surface area contributed by atoms with Gasteiger partial charge in [-0.15, -0.1) is 0 Å². The minimum absolute atomic E-state index is 0.00228. The maximum atomic E-state index is 11.4. The van der Waals surface area contributed by atoms with Crippen LogP contribution in [0, 0.1) is 5.92 Å². The van der Waals surface area contributed by atoms with Crippen LogP contribution in [0.1, 0.15) is 24.2 Å². The zero-order chi connectivity index (χ0) is 12.1. The first-order chi connectivity index (χ1) is 7.54. The fraction of sp³-hybridized carbons (Fsp3) is 0.333. The fourth-order valence-electron chi connectivity index (χ4n) is 1.14. The molecule has 1 aromatic rings. The topological polar surface area (TPSA) is 72.2 Å². The molecule has 0 fully saturated rings. The Kier molecular flexibility index (Phi) is 4.19. The molecular formula is C12H16N2O2. The summed E-state index contributed by atoms with van der Waals surface area (Å²) in [5.74, 6) is -0.218. The lowest BCUT2D eigenvalue weighted by Crippen LogP contribution is -2.18. The summed E-state index contributed by atoms with van der Waals surface area (Å²) >= 11 is 0. The highest BCUT2D eigenvalue weighted by atomic mass is 16.1. The maximum absolute atomic E-state index is 11.4. The van der Waals surface area contributed by atoms with Gasteiger partial charge in [0.1, 0.15) is 0 Å². The van der Waals surface area contributed by atoms with Gasteiger partial charge in [-0.25, -0.2) is 0 Å². The summed E-state index contributed by atoms with van der Waals surface area (Å²) in [7, 11) is 0. The molecule has 4 nitrogen and oxygen atoms in total. The molecule has 16 heavy (non-hydrogen) atoms. The van der Waals surface area contributed by atoms with E-state index in [-0.39, 0.29) is 24.2 Å². The average Bonchev–Trinajstić information content (AvgIpc) is 2.28. The first kappa shape index (κ1) is 12.4. The van der Waals surface area contributed by atoms with Crippen molar-refractivity contribution in [2.75, 3.05) is 11.9 Å². The van der Waals surface area contributed by atoms with Crippen LogP contribution in [0.3, 0.4) is 0 Å². The number of hydrogen-bond acceptors (Lipinski definition) is 3. The molecule has 1 amide bonds. The van der Waals surface area contributed by atoms with Gasteiger partial charge in [0.25, 0.3) is 0 Å². The lowest BCUT2D eigenvalue weighted by Gasteiger charge is -2.07. The summed E-state index contributed by atoms with van der Waals surface area (Å²) in [5, 5.41) is 2.74. The summed E-state index contributed by atoms with van der Waals surface area (Å²) in [6.45, 7) is 3.64.